The van der Waals surface area contributed by atoms with Gasteiger partial charge in [0.05, 0.1) is 39.6 Å². The van der Waals surface area contributed by atoms with Crippen molar-refractivity contribution < 1.29 is 48.1 Å². The zero-order valence-electron chi connectivity index (χ0n) is 19.0. The van der Waals surface area contributed by atoms with Crippen LogP contribution in [-0.2, 0) is 22.3 Å². The highest BCUT2D eigenvalue weighted by Crippen LogP contribution is 2.44. The number of hydrogen-bond donors (Lipinski definition) is 2. The zero-order valence-corrected chi connectivity index (χ0v) is 19.0. The fourth-order valence-electron chi connectivity index (χ4n) is 3.61. The number of aryl methyl sites for hydroxylation is 2. The van der Waals surface area contributed by atoms with E-state index in [9.17, 15) is 0 Å². The Balaban J connectivity index is 1.39. The second-order valence-corrected chi connectivity index (χ2v) is 7.52. The Morgan fingerprint density at radius 2 is 1.06 bits per heavy atom. The van der Waals surface area contributed by atoms with Gasteiger partial charge in [0.2, 0.25) is 25.1 Å². The van der Waals surface area contributed by atoms with Crippen LogP contribution in [0.4, 0.5) is 0 Å². The maximum Gasteiger partial charge on any atom is 0.231 e. The lowest BCUT2D eigenvalue weighted by Crippen LogP contribution is -2.10. The second-order valence-electron chi connectivity index (χ2n) is 7.52. The first-order chi connectivity index (χ1) is 16.8. The van der Waals surface area contributed by atoms with E-state index in [0.717, 1.165) is 24.0 Å². The Labute approximate surface area is 197 Å². The minimum Gasteiger partial charge on any atom is -0.487 e. The third-order valence-corrected chi connectivity index (χ3v) is 5.14. The van der Waals surface area contributed by atoms with Crippen molar-refractivity contribution in [3.63, 3.8) is 0 Å². The van der Waals surface area contributed by atoms with E-state index in [1.807, 2.05) is 24.3 Å². The minimum atomic E-state index is -0.0219. The predicted octanol–water partition coefficient (Wildman–Crippen LogP) is 1.70. The lowest BCUT2D eigenvalue weighted by Gasteiger charge is -2.13. The molecule has 4 rings (SSSR count). The summed E-state index contributed by atoms with van der Waals surface area (Å²) in [6, 6.07) is 7.81. The summed E-state index contributed by atoms with van der Waals surface area (Å²) in [5.41, 5.74) is 2.07. The summed E-state index contributed by atoms with van der Waals surface area (Å²) in [6.07, 6.45) is 1.46. The number of rotatable bonds is 15. The van der Waals surface area contributed by atoms with Gasteiger partial charge >= 0.3 is 0 Å². The van der Waals surface area contributed by atoms with Crippen molar-refractivity contribution in [2.75, 3.05) is 66.4 Å². The van der Waals surface area contributed by atoms with Crippen molar-refractivity contribution in [3.8, 4) is 34.5 Å². The van der Waals surface area contributed by atoms with Gasteiger partial charge in [-0.15, -0.1) is 0 Å². The highest BCUT2D eigenvalue weighted by atomic mass is 16.7. The van der Waals surface area contributed by atoms with Crippen molar-refractivity contribution in [2.45, 2.75) is 12.8 Å². The zero-order chi connectivity index (χ0) is 23.6. The molecule has 0 atom stereocenters. The Morgan fingerprint density at radius 3 is 1.50 bits per heavy atom. The molecule has 0 bridgehead atoms. The average Bonchev–Trinajstić information content (AvgIpc) is 3.52. The Hall–Kier alpha value is -2.92. The average molecular weight is 478 g/mol. The van der Waals surface area contributed by atoms with Crippen molar-refractivity contribution in [2.24, 2.45) is 0 Å². The van der Waals surface area contributed by atoms with Crippen molar-refractivity contribution in [3.05, 3.63) is 35.4 Å². The van der Waals surface area contributed by atoms with Crippen LogP contribution in [0.2, 0.25) is 0 Å². The van der Waals surface area contributed by atoms with E-state index in [2.05, 4.69) is 0 Å². The van der Waals surface area contributed by atoms with E-state index >= 15 is 0 Å². The number of ether oxygens (including phenoxy) is 8. The first-order valence-electron chi connectivity index (χ1n) is 11.3. The maximum absolute atomic E-state index is 8.80. The lowest BCUT2D eigenvalue weighted by molar-refractivity contribution is 0.0696. The van der Waals surface area contributed by atoms with Crippen LogP contribution >= 0.6 is 0 Å². The standard InChI is InChI=1S/C24H30O10/c25-3-5-27-7-9-29-19-11-17(13-21-23(19)33-15-31-21)1-2-18-12-20(30-10-8-28-6-4-26)24-22(14-18)32-16-34-24/h11-14,25-26H,1-10,15-16H2. The summed E-state index contributed by atoms with van der Waals surface area (Å²) in [6.45, 7) is 2.22. The number of aliphatic hydroxyl groups is 2. The van der Waals surface area contributed by atoms with Gasteiger partial charge in [0.25, 0.3) is 0 Å². The van der Waals surface area contributed by atoms with Crippen molar-refractivity contribution >= 4 is 0 Å². The molecule has 2 aromatic rings. The van der Waals surface area contributed by atoms with Gasteiger partial charge in [0.15, 0.2) is 23.0 Å². The molecule has 0 radical (unpaired) electrons. The SMILES string of the molecule is OCCOCCOc1cc(CCc2cc(OCCOCCO)c3c(c2)OCO3)cc2c1OCO2. The van der Waals surface area contributed by atoms with Crippen molar-refractivity contribution in [1.82, 2.24) is 0 Å². The molecule has 2 N–H and O–H groups in total. The predicted molar refractivity (Wildman–Crippen MR) is 119 cm³/mol. The Kier molecular flexibility index (Phi) is 8.91. The van der Waals surface area contributed by atoms with E-state index < -0.39 is 0 Å². The monoisotopic (exact) mass is 478 g/mol. The van der Waals surface area contributed by atoms with Gasteiger partial charge in [0.1, 0.15) is 13.2 Å². The quantitative estimate of drug-likeness (QED) is 0.367. The van der Waals surface area contributed by atoms with E-state index in [1.54, 1.807) is 0 Å². The molecule has 2 aliphatic rings. The molecule has 34 heavy (non-hydrogen) atoms. The third-order valence-electron chi connectivity index (χ3n) is 5.14. The Bertz CT molecular complexity index is 857. The molecule has 0 saturated carbocycles. The normalized spacial score (nSPS) is 13.4. The van der Waals surface area contributed by atoms with Gasteiger partial charge < -0.3 is 48.1 Å². The summed E-state index contributed by atoms with van der Waals surface area (Å²) < 4.78 is 44.5. The molecule has 2 aromatic carbocycles. The molecule has 0 fully saturated rings. The van der Waals surface area contributed by atoms with E-state index in [4.69, 9.17) is 48.1 Å². The van der Waals surface area contributed by atoms with E-state index in [0.29, 0.717) is 60.9 Å². The molecular formula is C24H30O10. The molecular weight excluding hydrogens is 448 g/mol. The third kappa shape index (κ3) is 6.35. The number of aliphatic hydroxyl groups excluding tert-OH is 2. The highest BCUT2D eigenvalue weighted by molar-refractivity contribution is 5.56. The number of hydrogen-bond acceptors (Lipinski definition) is 10. The smallest absolute Gasteiger partial charge is 0.231 e. The number of benzene rings is 2. The van der Waals surface area contributed by atoms with Crippen LogP contribution in [-0.4, -0.2) is 76.7 Å². The largest absolute Gasteiger partial charge is 0.487 e. The van der Waals surface area contributed by atoms with Crippen LogP contribution in [0, 0.1) is 0 Å². The van der Waals surface area contributed by atoms with Crippen LogP contribution in [0.1, 0.15) is 11.1 Å². The Morgan fingerprint density at radius 1 is 0.588 bits per heavy atom. The van der Waals surface area contributed by atoms with E-state index in [-0.39, 0.29) is 40.0 Å². The van der Waals surface area contributed by atoms with Gasteiger partial charge in [-0.1, -0.05) is 0 Å². The molecule has 0 amide bonds. The van der Waals surface area contributed by atoms with Gasteiger partial charge in [-0.25, -0.2) is 0 Å². The van der Waals surface area contributed by atoms with Crippen LogP contribution in [0.5, 0.6) is 34.5 Å². The molecule has 0 saturated heterocycles. The van der Waals surface area contributed by atoms with Crippen LogP contribution in [0.3, 0.4) is 0 Å². The summed E-state index contributed by atoms with van der Waals surface area (Å²) in [4.78, 5) is 0. The van der Waals surface area contributed by atoms with E-state index in [1.165, 1.54) is 0 Å². The fourth-order valence-corrected chi connectivity index (χ4v) is 3.61. The topological polar surface area (TPSA) is 114 Å². The minimum absolute atomic E-state index is 0.0219. The molecule has 2 aliphatic heterocycles. The summed E-state index contributed by atoms with van der Waals surface area (Å²) in [7, 11) is 0. The van der Waals surface area contributed by atoms with Crippen molar-refractivity contribution in [1.29, 1.82) is 0 Å². The first kappa shape index (κ1) is 24.2. The first-order valence-corrected chi connectivity index (χ1v) is 11.3. The molecule has 10 heteroatoms. The van der Waals surface area contributed by atoms with Gasteiger partial charge in [-0.05, 0) is 48.2 Å². The molecule has 0 aliphatic carbocycles. The van der Waals surface area contributed by atoms with Gasteiger partial charge in [-0.2, -0.15) is 0 Å². The summed E-state index contributed by atoms with van der Waals surface area (Å²) in [5.74, 6) is 3.70. The van der Waals surface area contributed by atoms with Gasteiger partial charge in [-0.3, -0.25) is 0 Å². The summed E-state index contributed by atoms with van der Waals surface area (Å²) in [5, 5.41) is 17.6. The second kappa shape index (κ2) is 12.5. The fraction of sp³-hybridized carbons (Fsp3) is 0.500. The number of fused-ring (bicyclic) bond motifs is 2. The summed E-state index contributed by atoms with van der Waals surface area (Å²) >= 11 is 0. The lowest BCUT2D eigenvalue weighted by atomic mass is 10.0. The molecule has 0 unspecified atom stereocenters. The molecule has 0 spiro atoms. The van der Waals surface area contributed by atoms with Crippen LogP contribution < -0.4 is 28.4 Å². The molecule has 10 nitrogen and oxygen atoms in total. The maximum atomic E-state index is 8.80. The molecule has 2 heterocycles. The highest BCUT2D eigenvalue weighted by Gasteiger charge is 2.22. The molecule has 186 valence electrons. The van der Waals surface area contributed by atoms with Crippen LogP contribution in [0.25, 0.3) is 0 Å². The van der Waals surface area contributed by atoms with Gasteiger partial charge in [0, 0.05) is 0 Å². The molecule has 0 aromatic heterocycles. The van der Waals surface area contributed by atoms with Crippen LogP contribution in [0.15, 0.2) is 24.3 Å².